The molecule has 0 radical (unpaired) electrons. The summed E-state index contributed by atoms with van der Waals surface area (Å²) in [5.41, 5.74) is 0. The largest absolute Gasteiger partial charge is 0.467 e. The lowest BCUT2D eigenvalue weighted by Gasteiger charge is -2.32. The second-order valence-corrected chi connectivity index (χ2v) is 6.50. The van der Waals surface area contributed by atoms with Crippen LogP contribution in [0.15, 0.2) is 22.8 Å². The van der Waals surface area contributed by atoms with Crippen molar-refractivity contribution in [1.29, 1.82) is 0 Å². The number of carbonyl (C=O) groups excluding carboxylic acids is 2. The monoisotopic (exact) mass is 304 g/mol. The maximum absolute atomic E-state index is 12.7. The summed E-state index contributed by atoms with van der Waals surface area (Å²) < 4.78 is 5.29. The third-order valence-electron chi connectivity index (χ3n) is 4.96. The molecule has 2 fully saturated rings. The lowest BCUT2D eigenvalue weighted by molar-refractivity contribution is -0.137. The molecule has 1 saturated carbocycles. The van der Waals surface area contributed by atoms with Gasteiger partial charge in [-0.2, -0.15) is 0 Å². The highest BCUT2D eigenvalue weighted by Gasteiger charge is 2.37. The van der Waals surface area contributed by atoms with Crippen molar-refractivity contribution in [3.63, 3.8) is 0 Å². The number of furan rings is 1. The van der Waals surface area contributed by atoms with Crippen LogP contribution in [0.3, 0.4) is 0 Å². The Balaban J connectivity index is 1.58. The molecule has 1 aliphatic heterocycles. The molecule has 1 aliphatic carbocycles. The first kappa shape index (κ1) is 15.1. The third-order valence-corrected chi connectivity index (χ3v) is 4.96. The molecule has 3 rings (SSSR count). The van der Waals surface area contributed by atoms with E-state index in [1.165, 1.54) is 19.3 Å². The Kier molecular flexibility index (Phi) is 4.50. The maximum Gasteiger partial charge on any atom is 0.227 e. The van der Waals surface area contributed by atoms with E-state index >= 15 is 0 Å². The highest BCUT2D eigenvalue weighted by Crippen LogP contribution is 2.26. The highest BCUT2D eigenvalue weighted by atomic mass is 16.3. The third kappa shape index (κ3) is 3.18. The summed E-state index contributed by atoms with van der Waals surface area (Å²) in [4.78, 5) is 28.4. The standard InChI is InChI=1S/C17H24N2O3/c1-18(14-6-3-2-4-7-14)17(21)13-10-16(20)19(11-13)12-15-8-5-9-22-15/h5,8-9,13-14H,2-4,6-7,10-12H2,1H3. The molecule has 2 aliphatic rings. The van der Waals surface area contributed by atoms with Gasteiger partial charge in [-0.05, 0) is 25.0 Å². The van der Waals surface area contributed by atoms with Crippen molar-refractivity contribution in [3.05, 3.63) is 24.2 Å². The molecule has 0 N–H and O–H groups in total. The fourth-order valence-electron chi connectivity index (χ4n) is 3.62. The minimum atomic E-state index is -0.200. The van der Waals surface area contributed by atoms with E-state index in [9.17, 15) is 9.59 Å². The fraction of sp³-hybridized carbons (Fsp3) is 0.647. The summed E-state index contributed by atoms with van der Waals surface area (Å²) in [6.07, 6.45) is 7.81. The first-order valence-corrected chi connectivity index (χ1v) is 8.22. The van der Waals surface area contributed by atoms with Gasteiger partial charge in [0, 0.05) is 26.1 Å². The maximum atomic E-state index is 12.7. The second kappa shape index (κ2) is 6.55. The van der Waals surface area contributed by atoms with Crippen LogP contribution in [0, 0.1) is 5.92 Å². The van der Waals surface area contributed by atoms with Crippen LogP contribution in [0.1, 0.15) is 44.3 Å². The number of hydrogen-bond donors (Lipinski definition) is 0. The molecule has 1 unspecified atom stereocenters. The minimum Gasteiger partial charge on any atom is -0.467 e. The van der Waals surface area contributed by atoms with Crippen LogP contribution in [-0.4, -0.2) is 41.2 Å². The summed E-state index contributed by atoms with van der Waals surface area (Å²) in [6.45, 7) is 0.970. The Morgan fingerprint density at radius 2 is 2.14 bits per heavy atom. The molecular weight excluding hydrogens is 280 g/mol. The molecule has 1 atom stereocenters. The first-order chi connectivity index (χ1) is 10.6. The molecule has 2 heterocycles. The summed E-state index contributed by atoms with van der Waals surface area (Å²) >= 11 is 0. The Labute approximate surface area is 131 Å². The molecule has 1 aromatic heterocycles. The zero-order chi connectivity index (χ0) is 15.5. The van der Waals surface area contributed by atoms with Gasteiger partial charge >= 0.3 is 0 Å². The summed E-state index contributed by atoms with van der Waals surface area (Å²) in [5.74, 6) is 0.741. The molecule has 0 bridgehead atoms. The van der Waals surface area contributed by atoms with Crippen LogP contribution in [0.5, 0.6) is 0 Å². The van der Waals surface area contributed by atoms with Crippen molar-refractivity contribution in [2.75, 3.05) is 13.6 Å². The molecule has 0 aromatic carbocycles. The topological polar surface area (TPSA) is 53.8 Å². The van der Waals surface area contributed by atoms with Crippen LogP contribution in [0.2, 0.25) is 0 Å². The first-order valence-electron chi connectivity index (χ1n) is 8.22. The lowest BCUT2D eigenvalue weighted by atomic mass is 9.93. The van der Waals surface area contributed by atoms with E-state index in [0.717, 1.165) is 18.6 Å². The molecule has 0 spiro atoms. The van der Waals surface area contributed by atoms with Crippen LogP contribution in [0.4, 0.5) is 0 Å². The molecule has 22 heavy (non-hydrogen) atoms. The van der Waals surface area contributed by atoms with Crippen LogP contribution >= 0.6 is 0 Å². The van der Waals surface area contributed by atoms with Gasteiger partial charge in [-0.1, -0.05) is 19.3 Å². The SMILES string of the molecule is CN(C(=O)C1CC(=O)N(Cc2ccco2)C1)C1CCCCC1. The van der Waals surface area contributed by atoms with E-state index in [-0.39, 0.29) is 17.7 Å². The Morgan fingerprint density at radius 1 is 1.36 bits per heavy atom. The van der Waals surface area contributed by atoms with Gasteiger partial charge in [0.15, 0.2) is 0 Å². The summed E-state index contributed by atoms with van der Waals surface area (Å²) in [5, 5.41) is 0. The number of rotatable bonds is 4. The Bertz CT molecular complexity index is 520. The number of carbonyl (C=O) groups is 2. The van der Waals surface area contributed by atoms with E-state index in [4.69, 9.17) is 4.42 Å². The minimum absolute atomic E-state index is 0.0480. The van der Waals surface area contributed by atoms with Crippen molar-refractivity contribution >= 4 is 11.8 Å². The molecule has 5 nitrogen and oxygen atoms in total. The molecule has 1 aromatic rings. The molecule has 1 saturated heterocycles. The van der Waals surface area contributed by atoms with Gasteiger partial charge in [0.1, 0.15) is 5.76 Å². The zero-order valence-corrected chi connectivity index (χ0v) is 13.2. The van der Waals surface area contributed by atoms with E-state index in [1.54, 1.807) is 11.2 Å². The van der Waals surface area contributed by atoms with E-state index in [0.29, 0.717) is 25.6 Å². The van der Waals surface area contributed by atoms with E-state index < -0.39 is 0 Å². The fourth-order valence-corrected chi connectivity index (χ4v) is 3.62. The summed E-state index contributed by atoms with van der Waals surface area (Å²) in [7, 11) is 1.90. The van der Waals surface area contributed by atoms with Crippen LogP contribution in [-0.2, 0) is 16.1 Å². The van der Waals surface area contributed by atoms with Gasteiger partial charge in [0.2, 0.25) is 11.8 Å². The Hall–Kier alpha value is -1.78. The van der Waals surface area contributed by atoms with Gasteiger partial charge in [0.25, 0.3) is 0 Å². The van der Waals surface area contributed by atoms with Crippen molar-refractivity contribution in [2.24, 2.45) is 5.92 Å². The smallest absolute Gasteiger partial charge is 0.227 e. The Morgan fingerprint density at radius 3 is 2.82 bits per heavy atom. The lowest BCUT2D eigenvalue weighted by Crippen LogP contribution is -2.42. The number of nitrogens with zero attached hydrogens (tertiary/aromatic N) is 2. The van der Waals surface area contributed by atoms with Gasteiger partial charge in [0.05, 0.1) is 18.7 Å². The molecule has 2 amide bonds. The average Bonchev–Trinajstić information content (AvgIpc) is 3.18. The predicted molar refractivity (Wildman–Crippen MR) is 81.9 cm³/mol. The quantitative estimate of drug-likeness (QED) is 0.858. The van der Waals surface area contributed by atoms with Crippen molar-refractivity contribution in [1.82, 2.24) is 9.80 Å². The van der Waals surface area contributed by atoms with Gasteiger partial charge in [-0.15, -0.1) is 0 Å². The predicted octanol–water partition coefficient (Wildman–Crippen LogP) is 2.42. The molecular formula is C17H24N2O3. The zero-order valence-electron chi connectivity index (χ0n) is 13.2. The molecule has 120 valence electrons. The second-order valence-electron chi connectivity index (χ2n) is 6.50. The average molecular weight is 304 g/mol. The number of hydrogen-bond acceptors (Lipinski definition) is 3. The summed E-state index contributed by atoms with van der Waals surface area (Å²) in [6, 6.07) is 4.03. The van der Waals surface area contributed by atoms with Crippen LogP contribution < -0.4 is 0 Å². The van der Waals surface area contributed by atoms with Crippen molar-refractivity contribution in [2.45, 2.75) is 51.1 Å². The van der Waals surface area contributed by atoms with Crippen molar-refractivity contribution < 1.29 is 14.0 Å². The van der Waals surface area contributed by atoms with E-state index in [2.05, 4.69) is 0 Å². The van der Waals surface area contributed by atoms with E-state index in [1.807, 2.05) is 24.1 Å². The highest BCUT2D eigenvalue weighted by molar-refractivity contribution is 5.89. The van der Waals surface area contributed by atoms with Gasteiger partial charge in [-0.25, -0.2) is 0 Å². The number of amides is 2. The normalized spacial score (nSPS) is 23.0. The van der Waals surface area contributed by atoms with Crippen LogP contribution in [0.25, 0.3) is 0 Å². The van der Waals surface area contributed by atoms with Gasteiger partial charge < -0.3 is 14.2 Å². The molecule has 5 heteroatoms. The van der Waals surface area contributed by atoms with Crippen molar-refractivity contribution in [3.8, 4) is 0 Å². The number of likely N-dealkylation sites (tertiary alicyclic amines) is 1. The van der Waals surface area contributed by atoms with Gasteiger partial charge in [-0.3, -0.25) is 9.59 Å².